The molecule has 1 N–H and O–H groups in total. The second-order valence-electron chi connectivity index (χ2n) is 5.22. The van der Waals surface area contributed by atoms with Crippen molar-refractivity contribution in [2.24, 2.45) is 0 Å². The molecule has 0 radical (unpaired) electrons. The van der Waals surface area contributed by atoms with E-state index in [1.165, 1.54) is 16.3 Å². The van der Waals surface area contributed by atoms with E-state index in [0.29, 0.717) is 6.04 Å². The number of fused-ring (bicyclic) bond motifs is 1. The highest BCUT2D eigenvalue weighted by molar-refractivity contribution is 5.94. The zero-order valence-electron chi connectivity index (χ0n) is 11.4. The van der Waals surface area contributed by atoms with E-state index in [1.54, 1.807) is 0 Å². The molecule has 1 fully saturated rings. The number of anilines is 1. The Morgan fingerprint density at radius 2 is 2.16 bits per heavy atom. The third-order valence-electron chi connectivity index (χ3n) is 3.79. The number of nitrogens with one attached hydrogen (secondary N) is 1. The summed E-state index contributed by atoms with van der Waals surface area (Å²) < 4.78 is 5.51. The first-order valence-corrected chi connectivity index (χ1v) is 7.03. The summed E-state index contributed by atoms with van der Waals surface area (Å²) in [4.78, 5) is 4.54. The first kappa shape index (κ1) is 12.4. The van der Waals surface area contributed by atoms with E-state index in [1.807, 2.05) is 6.20 Å². The van der Waals surface area contributed by atoms with Gasteiger partial charge in [0, 0.05) is 30.8 Å². The molecule has 3 rings (SSSR count). The van der Waals surface area contributed by atoms with Crippen LogP contribution in [0.25, 0.3) is 10.8 Å². The van der Waals surface area contributed by atoms with Crippen molar-refractivity contribution in [1.29, 1.82) is 0 Å². The summed E-state index contributed by atoms with van der Waals surface area (Å²) in [6.07, 6.45) is 5.23. The molecule has 0 spiro atoms. The maximum Gasteiger partial charge on any atom is 0.134 e. The second-order valence-corrected chi connectivity index (χ2v) is 5.22. The highest BCUT2D eigenvalue weighted by Crippen LogP contribution is 2.26. The fourth-order valence-corrected chi connectivity index (χ4v) is 2.76. The van der Waals surface area contributed by atoms with Crippen LogP contribution in [0.15, 0.2) is 30.5 Å². The quantitative estimate of drug-likeness (QED) is 0.892. The number of hydrogen-bond donors (Lipinski definition) is 1. The monoisotopic (exact) mass is 256 g/mol. The van der Waals surface area contributed by atoms with Gasteiger partial charge in [-0.05, 0) is 43.2 Å². The van der Waals surface area contributed by atoms with Crippen molar-refractivity contribution in [3.63, 3.8) is 0 Å². The third-order valence-corrected chi connectivity index (χ3v) is 3.79. The number of benzene rings is 1. The summed E-state index contributed by atoms with van der Waals surface area (Å²) in [6, 6.07) is 8.93. The molecular weight excluding hydrogens is 236 g/mol. The van der Waals surface area contributed by atoms with Gasteiger partial charge >= 0.3 is 0 Å². The number of aryl methyl sites for hydroxylation is 1. The minimum atomic E-state index is 0.472. The van der Waals surface area contributed by atoms with Gasteiger partial charge in [-0.25, -0.2) is 4.98 Å². The number of ether oxygens (including phenoxy) is 1. The van der Waals surface area contributed by atoms with E-state index in [0.717, 1.165) is 38.3 Å². The number of hydrogen-bond acceptors (Lipinski definition) is 3. The number of pyridine rings is 1. The van der Waals surface area contributed by atoms with Gasteiger partial charge in [0.25, 0.3) is 0 Å². The van der Waals surface area contributed by atoms with Crippen molar-refractivity contribution in [1.82, 2.24) is 4.98 Å². The molecule has 0 bridgehead atoms. The fourth-order valence-electron chi connectivity index (χ4n) is 2.76. The molecule has 3 heteroatoms. The lowest BCUT2D eigenvalue weighted by Crippen LogP contribution is -2.20. The van der Waals surface area contributed by atoms with E-state index >= 15 is 0 Å². The molecule has 19 heavy (non-hydrogen) atoms. The molecule has 1 atom stereocenters. The predicted molar refractivity (Wildman–Crippen MR) is 78.6 cm³/mol. The summed E-state index contributed by atoms with van der Waals surface area (Å²) >= 11 is 0. The summed E-state index contributed by atoms with van der Waals surface area (Å²) in [5, 5.41) is 6.11. The van der Waals surface area contributed by atoms with Gasteiger partial charge in [-0.2, -0.15) is 0 Å². The van der Waals surface area contributed by atoms with Crippen LogP contribution in [0.1, 0.15) is 24.8 Å². The first-order valence-electron chi connectivity index (χ1n) is 7.03. The molecule has 1 aliphatic heterocycles. The molecular formula is C16H20N2O. The molecule has 1 aromatic carbocycles. The smallest absolute Gasteiger partial charge is 0.134 e. The van der Waals surface area contributed by atoms with Crippen molar-refractivity contribution >= 4 is 16.6 Å². The lowest BCUT2D eigenvalue weighted by atomic mass is 10.1. The van der Waals surface area contributed by atoms with Gasteiger partial charge in [0.15, 0.2) is 0 Å². The van der Waals surface area contributed by atoms with Crippen LogP contribution in [0.4, 0.5) is 5.82 Å². The van der Waals surface area contributed by atoms with Crippen molar-refractivity contribution < 1.29 is 4.74 Å². The topological polar surface area (TPSA) is 34.2 Å². The maximum absolute atomic E-state index is 5.51. The summed E-state index contributed by atoms with van der Waals surface area (Å²) in [6.45, 7) is 3.88. The number of aromatic nitrogens is 1. The van der Waals surface area contributed by atoms with Gasteiger partial charge in [-0.15, -0.1) is 0 Å². The van der Waals surface area contributed by atoms with Crippen LogP contribution >= 0.6 is 0 Å². The lowest BCUT2D eigenvalue weighted by Gasteiger charge is -2.18. The largest absolute Gasteiger partial charge is 0.381 e. The van der Waals surface area contributed by atoms with Crippen LogP contribution in [-0.2, 0) is 4.74 Å². The van der Waals surface area contributed by atoms with E-state index in [-0.39, 0.29) is 0 Å². The van der Waals surface area contributed by atoms with Gasteiger partial charge < -0.3 is 10.1 Å². The molecule has 3 nitrogen and oxygen atoms in total. The van der Waals surface area contributed by atoms with Crippen LogP contribution in [0.2, 0.25) is 0 Å². The SMILES string of the molecule is Cc1cccc2ccnc(NC3CCCOCC3)c12. The normalized spacial score (nSPS) is 20.2. The van der Waals surface area contributed by atoms with Gasteiger partial charge in [-0.1, -0.05) is 18.2 Å². The molecule has 1 saturated heterocycles. The van der Waals surface area contributed by atoms with E-state index in [4.69, 9.17) is 4.74 Å². The Kier molecular flexibility index (Phi) is 3.65. The summed E-state index contributed by atoms with van der Waals surface area (Å²) in [5.41, 5.74) is 1.28. The Morgan fingerprint density at radius 1 is 1.21 bits per heavy atom. The van der Waals surface area contributed by atoms with Crippen molar-refractivity contribution in [2.45, 2.75) is 32.2 Å². The second kappa shape index (κ2) is 5.57. The minimum Gasteiger partial charge on any atom is -0.381 e. The molecule has 0 aliphatic carbocycles. The van der Waals surface area contributed by atoms with Gasteiger partial charge in [0.05, 0.1) is 0 Å². The van der Waals surface area contributed by atoms with Crippen LogP contribution < -0.4 is 5.32 Å². The molecule has 2 aromatic rings. The van der Waals surface area contributed by atoms with Gasteiger partial charge in [0.1, 0.15) is 5.82 Å². The third kappa shape index (κ3) is 2.71. The average Bonchev–Trinajstić information content (AvgIpc) is 2.68. The van der Waals surface area contributed by atoms with Crippen LogP contribution in [0.5, 0.6) is 0 Å². The fraction of sp³-hybridized carbons (Fsp3) is 0.438. The predicted octanol–water partition coefficient (Wildman–Crippen LogP) is 3.52. The summed E-state index contributed by atoms with van der Waals surface area (Å²) in [7, 11) is 0. The highest BCUT2D eigenvalue weighted by atomic mass is 16.5. The maximum atomic E-state index is 5.51. The van der Waals surface area contributed by atoms with Crippen molar-refractivity contribution in [3.05, 3.63) is 36.0 Å². The van der Waals surface area contributed by atoms with Gasteiger partial charge in [-0.3, -0.25) is 0 Å². The highest BCUT2D eigenvalue weighted by Gasteiger charge is 2.14. The standard InChI is InChI=1S/C16H20N2O/c1-12-4-2-5-13-7-9-17-16(15(12)13)18-14-6-3-10-19-11-8-14/h2,4-5,7,9,14H,3,6,8,10-11H2,1H3,(H,17,18). The number of nitrogens with zero attached hydrogens (tertiary/aromatic N) is 1. The zero-order valence-corrected chi connectivity index (χ0v) is 11.4. The Hall–Kier alpha value is -1.61. The lowest BCUT2D eigenvalue weighted by molar-refractivity contribution is 0.144. The van der Waals surface area contributed by atoms with Gasteiger partial charge in [0.2, 0.25) is 0 Å². The molecule has 0 amide bonds. The number of rotatable bonds is 2. The minimum absolute atomic E-state index is 0.472. The molecule has 1 aliphatic rings. The Bertz CT molecular complexity index is 554. The first-order chi connectivity index (χ1) is 9.34. The van der Waals surface area contributed by atoms with E-state index < -0.39 is 0 Å². The zero-order chi connectivity index (χ0) is 13.1. The van der Waals surface area contributed by atoms with Crippen LogP contribution in [0, 0.1) is 6.92 Å². The Balaban J connectivity index is 1.91. The molecule has 0 saturated carbocycles. The van der Waals surface area contributed by atoms with Crippen LogP contribution in [0.3, 0.4) is 0 Å². The van der Waals surface area contributed by atoms with E-state index in [2.05, 4.69) is 41.5 Å². The Morgan fingerprint density at radius 3 is 3.11 bits per heavy atom. The van der Waals surface area contributed by atoms with E-state index in [9.17, 15) is 0 Å². The summed E-state index contributed by atoms with van der Waals surface area (Å²) in [5.74, 6) is 1.02. The van der Waals surface area contributed by atoms with Crippen LogP contribution in [-0.4, -0.2) is 24.2 Å². The molecule has 1 unspecified atom stereocenters. The Labute approximate surface area is 114 Å². The average molecular weight is 256 g/mol. The molecule has 100 valence electrons. The van der Waals surface area contributed by atoms with Crippen molar-refractivity contribution in [3.8, 4) is 0 Å². The van der Waals surface area contributed by atoms with Crippen molar-refractivity contribution in [2.75, 3.05) is 18.5 Å². The molecule has 2 heterocycles. The molecule has 1 aromatic heterocycles.